The van der Waals surface area contributed by atoms with E-state index in [1.165, 1.54) is 12.1 Å². The first-order chi connectivity index (χ1) is 9.34. The van der Waals surface area contributed by atoms with Gasteiger partial charge in [-0.1, -0.05) is 0 Å². The van der Waals surface area contributed by atoms with Gasteiger partial charge in [0.25, 0.3) is 0 Å². The zero-order chi connectivity index (χ0) is 14.8. The van der Waals surface area contributed by atoms with Gasteiger partial charge in [0.1, 0.15) is 0 Å². The van der Waals surface area contributed by atoms with Crippen LogP contribution in [0.3, 0.4) is 0 Å². The van der Waals surface area contributed by atoms with Crippen LogP contribution in [0, 0.1) is 6.92 Å². The van der Waals surface area contributed by atoms with Crippen LogP contribution in [0.1, 0.15) is 10.7 Å². The Kier molecular flexibility index (Phi) is 4.26. The molecule has 0 aliphatic carbocycles. The number of primary sulfonamides is 1. The minimum absolute atomic E-state index is 0.00417. The number of benzene rings is 1. The molecule has 1 heterocycles. The summed E-state index contributed by atoms with van der Waals surface area (Å²) < 4.78 is 22.6. The number of rotatable bonds is 5. The number of nitrogens with two attached hydrogens (primary N) is 2. The number of nitrogens with one attached hydrogen (secondary N) is 1. The number of aryl methyl sites for hydroxylation is 1. The van der Waals surface area contributed by atoms with Crippen LogP contribution in [0.25, 0.3) is 0 Å². The van der Waals surface area contributed by atoms with Crippen molar-refractivity contribution >= 4 is 32.7 Å². The smallest absolute Gasteiger partial charge is 0.238 e. The molecule has 0 saturated carbocycles. The van der Waals surface area contributed by atoms with Crippen LogP contribution in [0.5, 0.6) is 0 Å². The number of hydrogen-bond acceptors (Lipinski definition) is 6. The highest BCUT2D eigenvalue weighted by Crippen LogP contribution is 2.19. The maximum Gasteiger partial charge on any atom is 0.238 e. The van der Waals surface area contributed by atoms with E-state index < -0.39 is 10.0 Å². The molecule has 0 aliphatic heterocycles. The minimum atomic E-state index is -3.75. The molecule has 0 radical (unpaired) electrons. The van der Waals surface area contributed by atoms with Gasteiger partial charge in [-0.15, -0.1) is 11.3 Å². The Bertz CT molecular complexity index is 710. The number of hydrogen-bond donors (Lipinski definition) is 3. The lowest BCUT2D eigenvalue weighted by Gasteiger charge is -2.08. The normalized spacial score (nSPS) is 11.5. The van der Waals surface area contributed by atoms with E-state index >= 15 is 0 Å². The third kappa shape index (κ3) is 3.92. The topological polar surface area (TPSA) is 111 Å². The van der Waals surface area contributed by atoms with Gasteiger partial charge in [-0.05, 0) is 25.1 Å². The van der Waals surface area contributed by atoms with Crippen molar-refractivity contribution in [3.05, 3.63) is 34.3 Å². The van der Waals surface area contributed by atoms with Gasteiger partial charge < -0.3 is 11.1 Å². The van der Waals surface area contributed by atoms with E-state index in [9.17, 15) is 8.42 Å². The van der Waals surface area contributed by atoms with Gasteiger partial charge in [0.15, 0.2) is 0 Å². The highest BCUT2D eigenvalue weighted by molar-refractivity contribution is 7.89. The average molecular weight is 312 g/mol. The second-order valence-corrected chi connectivity index (χ2v) is 6.99. The van der Waals surface area contributed by atoms with Crippen LogP contribution in [-0.4, -0.2) is 19.9 Å². The summed E-state index contributed by atoms with van der Waals surface area (Å²) in [5.41, 5.74) is 7.66. The number of nitrogens with zero attached hydrogens (tertiary/aromatic N) is 1. The Morgan fingerprint density at radius 2 is 2.10 bits per heavy atom. The molecule has 5 N–H and O–H groups in total. The van der Waals surface area contributed by atoms with Crippen molar-refractivity contribution in [1.29, 1.82) is 0 Å². The van der Waals surface area contributed by atoms with Crippen molar-refractivity contribution in [1.82, 2.24) is 4.98 Å². The maximum atomic E-state index is 11.3. The van der Waals surface area contributed by atoms with E-state index in [1.807, 2.05) is 12.3 Å². The summed E-state index contributed by atoms with van der Waals surface area (Å²) in [6.45, 7) is 2.59. The molecule has 1 aromatic heterocycles. The molecule has 8 heteroatoms. The zero-order valence-electron chi connectivity index (χ0n) is 11.0. The lowest BCUT2D eigenvalue weighted by Crippen LogP contribution is -2.13. The molecule has 0 aliphatic rings. The Hall–Kier alpha value is -1.64. The molecule has 2 aromatic rings. The van der Waals surface area contributed by atoms with E-state index in [-0.39, 0.29) is 4.90 Å². The Balaban J connectivity index is 2.04. The molecule has 2 rings (SSSR count). The van der Waals surface area contributed by atoms with Gasteiger partial charge in [-0.3, -0.25) is 0 Å². The number of anilines is 2. The average Bonchev–Trinajstić information content (AvgIpc) is 2.73. The molecule has 0 unspecified atom stereocenters. The third-order valence-electron chi connectivity index (χ3n) is 2.63. The van der Waals surface area contributed by atoms with Crippen molar-refractivity contribution in [2.24, 2.45) is 5.14 Å². The van der Waals surface area contributed by atoms with Crippen molar-refractivity contribution in [3.63, 3.8) is 0 Å². The zero-order valence-corrected chi connectivity index (χ0v) is 12.6. The maximum absolute atomic E-state index is 11.3. The summed E-state index contributed by atoms with van der Waals surface area (Å²) in [4.78, 5) is 4.36. The summed E-state index contributed by atoms with van der Waals surface area (Å²) in [5.74, 6) is 0. The molecule has 108 valence electrons. The first-order valence-electron chi connectivity index (χ1n) is 5.93. The molecule has 1 aromatic carbocycles. The standard InChI is InChI=1S/C12H16N4O2S2/c1-8-16-10(7-19-8)2-3-15-11-4-9(13)5-12(6-11)20(14,17)18/h4-7,15H,2-3,13H2,1H3,(H2,14,17,18). The van der Waals surface area contributed by atoms with Gasteiger partial charge in [-0.2, -0.15) is 0 Å². The summed E-state index contributed by atoms with van der Waals surface area (Å²) in [6, 6.07) is 4.48. The molecule has 6 nitrogen and oxygen atoms in total. The summed E-state index contributed by atoms with van der Waals surface area (Å²) >= 11 is 1.60. The van der Waals surface area contributed by atoms with Gasteiger partial charge in [0, 0.05) is 29.7 Å². The third-order valence-corrected chi connectivity index (χ3v) is 4.35. The lowest BCUT2D eigenvalue weighted by atomic mass is 10.2. The Morgan fingerprint density at radius 3 is 2.70 bits per heavy atom. The van der Waals surface area contributed by atoms with E-state index in [1.54, 1.807) is 17.4 Å². The largest absolute Gasteiger partial charge is 0.399 e. The lowest BCUT2D eigenvalue weighted by molar-refractivity contribution is 0.598. The van der Waals surface area contributed by atoms with Crippen LogP contribution < -0.4 is 16.2 Å². The monoisotopic (exact) mass is 312 g/mol. The van der Waals surface area contributed by atoms with Crippen molar-refractivity contribution in [3.8, 4) is 0 Å². The van der Waals surface area contributed by atoms with E-state index in [2.05, 4.69) is 10.3 Å². The second-order valence-electron chi connectivity index (χ2n) is 4.37. The summed E-state index contributed by atoms with van der Waals surface area (Å²) in [6.07, 6.45) is 0.754. The predicted octanol–water partition coefficient (Wildman–Crippen LogP) is 1.34. The van der Waals surface area contributed by atoms with Crippen molar-refractivity contribution < 1.29 is 8.42 Å². The number of nitrogen functional groups attached to an aromatic ring is 1. The van der Waals surface area contributed by atoms with Crippen LogP contribution >= 0.6 is 11.3 Å². The van der Waals surface area contributed by atoms with Crippen LogP contribution in [0.15, 0.2) is 28.5 Å². The minimum Gasteiger partial charge on any atom is -0.399 e. The predicted molar refractivity (Wildman–Crippen MR) is 81.3 cm³/mol. The molecule has 0 saturated heterocycles. The fourth-order valence-electron chi connectivity index (χ4n) is 1.75. The molecule has 0 fully saturated rings. The summed E-state index contributed by atoms with van der Waals surface area (Å²) in [7, 11) is -3.75. The van der Waals surface area contributed by atoms with Crippen molar-refractivity contribution in [2.45, 2.75) is 18.2 Å². The first kappa shape index (κ1) is 14.8. The fourth-order valence-corrected chi connectivity index (χ4v) is 2.99. The second kappa shape index (κ2) is 5.78. The van der Waals surface area contributed by atoms with E-state index in [0.29, 0.717) is 17.9 Å². The van der Waals surface area contributed by atoms with Crippen LogP contribution in [0.4, 0.5) is 11.4 Å². The van der Waals surface area contributed by atoms with Gasteiger partial charge >= 0.3 is 0 Å². The van der Waals surface area contributed by atoms with Crippen molar-refractivity contribution in [2.75, 3.05) is 17.6 Å². The first-order valence-corrected chi connectivity index (χ1v) is 8.35. The SMILES string of the molecule is Cc1nc(CCNc2cc(N)cc(S(N)(=O)=O)c2)cs1. The number of sulfonamides is 1. The highest BCUT2D eigenvalue weighted by atomic mass is 32.2. The molecule has 0 spiro atoms. The fraction of sp³-hybridized carbons (Fsp3) is 0.250. The Morgan fingerprint density at radius 1 is 1.35 bits per heavy atom. The van der Waals surface area contributed by atoms with Gasteiger partial charge in [0.05, 0.1) is 15.6 Å². The Labute approximate surface area is 121 Å². The van der Waals surface area contributed by atoms with Crippen LogP contribution in [0.2, 0.25) is 0 Å². The molecular weight excluding hydrogens is 296 g/mol. The summed E-state index contributed by atoms with van der Waals surface area (Å²) in [5, 5.41) is 11.3. The highest BCUT2D eigenvalue weighted by Gasteiger charge is 2.09. The molecule has 0 amide bonds. The number of thiazole rings is 1. The van der Waals surface area contributed by atoms with Crippen LogP contribution in [-0.2, 0) is 16.4 Å². The molecule has 20 heavy (non-hydrogen) atoms. The van der Waals surface area contributed by atoms with Gasteiger partial charge in [0.2, 0.25) is 10.0 Å². The number of aromatic nitrogens is 1. The van der Waals surface area contributed by atoms with Gasteiger partial charge in [-0.25, -0.2) is 18.5 Å². The molecular formula is C12H16N4O2S2. The quantitative estimate of drug-likeness (QED) is 0.721. The van der Waals surface area contributed by atoms with E-state index in [0.717, 1.165) is 17.1 Å². The molecule has 0 bridgehead atoms. The molecule has 0 atom stereocenters. The van der Waals surface area contributed by atoms with E-state index in [4.69, 9.17) is 10.9 Å².